The molecule has 3 aromatic carbocycles. The number of phenolic OH excluding ortho intramolecular Hbond substituents is 1. The van der Waals surface area contributed by atoms with Crippen LogP contribution in [-0.4, -0.2) is 70.9 Å². The van der Waals surface area contributed by atoms with Gasteiger partial charge < -0.3 is 15.2 Å². The zero-order valence-electron chi connectivity index (χ0n) is 23.7. The van der Waals surface area contributed by atoms with Gasteiger partial charge in [0.15, 0.2) is 18.7 Å². The number of carbonyl (C=O) groups excluding carboxylic acids is 3. The molecule has 0 spiro atoms. The Hall–Kier alpha value is -5.09. The molecule has 2 N–H and O–H groups in total. The van der Waals surface area contributed by atoms with Crippen molar-refractivity contribution in [3.63, 3.8) is 0 Å². The van der Waals surface area contributed by atoms with Crippen LogP contribution in [0.4, 0.5) is 5.82 Å². The third-order valence-corrected chi connectivity index (χ3v) is 7.89. The van der Waals surface area contributed by atoms with Gasteiger partial charge in [-0.1, -0.05) is 54.6 Å². The van der Waals surface area contributed by atoms with Crippen LogP contribution in [0.25, 0.3) is 22.5 Å². The van der Waals surface area contributed by atoms with Gasteiger partial charge in [0.1, 0.15) is 11.4 Å². The number of ether oxygens (including phenoxy) is 1. The number of aldehydes is 1. The lowest BCUT2D eigenvalue weighted by Crippen LogP contribution is -2.44. The molecular weight excluding hydrogens is 546 g/mol. The van der Waals surface area contributed by atoms with Crippen molar-refractivity contribution in [2.24, 2.45) is 0 Å². The Morgan fingerprint density at radius 2 is 1.70 bits per heavy atom. The fraction of sp³-hybridized carbons (Fsp3) is 0.242. The number of aromatic hydroxyl groups is 1. The molecule has 0 aliphatic carbocycles. The predicted molar refractivity (Wildman–Crippen MR) is 161 cm³/mol. The maximum atomic E-state index is 12.7. The average molecular weight is 578 g/mol. The Bertz CT molecular complexity index is 1670. The highest BCUT2D eigenvalue weighted by Crippen LogP contribution is 2.37. The minimum Gasteiger partial charge on any atom is -0.507 e. The van der Waals surface area contributed by atoms with Crippen molar-refractivity contribution in [1.82, 2.24) is 20.2 Å². The Balaban J connectivity index is 1.12. The summed E-state index contributed by atoms with van der Waals surface area (Å²) in [6, 6.07) is 22.3. The zero-order valence-corrected chi connectivity index (χ0v) is 23.7. The highest BCUT2D eigenvalue weighted by Gasteiger charge is 2.28. The summed E-state index contributed by atoms with van der Waals surface area (Å²) in [5, 5.41) is 12.7. The Morgan fingerprint density at radius 3 is 2.42 bits per heavy atom. The highest BCUT2D eigenvalue weighted by atomic mass is 16.5. The number of fused-ring (bicyclic) bond motifs is 1. The molecule has 43 heavy (non-hydrogen) atoms. The van der Waals surface area contributed by atoms with Crippen molar-refractivity contribution in [2.45, 2.75) is 25.4 Å². The normalized spacial score (nSPS) is 15.5. The van der Waals surface area contributed by atoms with E-state index in [-0.39, 0.29) is 35.8 Å². The van der Waals surface area contributed by atoms with E-state index in [9.17, 15) is 19.5 Å². The van der Waals surface area contributed by atoms with E-state index in [1.165, 1.54) is 23.1 Å². The molecule has 6 rings (SSSR count). The molecule has 1 aromatic heterocycles. The van der Waals surface area contributed by atoms with Crippen LogP contribution in [0, 0.1) is 0 Å². The van der Waals surface area contributed by atoms with Crippen LogP contribution in [0.3, 0.4) is 0 Å². The van der Waals surface area contributed by atoms with Crippen molar-refractivity contribution in [3.05, 3.63) is 89.5 Å². The molecule has 0 radical (unpaired) electrons. The van der Waals surface area contributed by atoms with Gasteiger partial charge in [-0.15, -0.1) is 0 Å². The Labute approximate surface area is 249 Å². The summed E-state index contributed by atoms with van der Waals surface area (Å²) in [6.07, 6.45) is 2.16. The molecule has 2 amide bonds. The number of nitrogens with zero attached hydrogens (tertiary/aromatic N) is 4. The van der Waals surface area contributed by atoms with Gasteiger partial charge in [-0.2, -0.15) is 0 Å². The molecule has 0 bridgehead atoms. The summed E-state index contributed by atoms with van der Waals surface area (Å²) in [4.78, 5) is 49.5. The molecule has 10 heteroatoms. The van der Waals surface area contributed by atoms with Crippen LogP contribution in [0.15, 0.2) is 72.8 Å². The van der Waals surface area contributed by atoms with Gasteiger partial charge in [0.2, 0.25) is 0 Å². The van der Waals surface area contributed by atoms with E-state index in [2.05, 4.69) is 22.3 Å². The van der Waals surface area contributed by atoms with Gasteiger partial charge in [-0.3, -0.25) is 24.2 Å². The van der Waals surface area contributed by atoms with E-state index in [0.29, 0.717) is 34.9 Å². The quantitative estimate of drug-likeness (QED) is 0.315. The molecule has 0 atom stereocenters. The average Bonchev–Trinajstić information content (AvgIpc) is 3.04. The van der Waals surface area contributed by atoms with Gasteiger partial charge >= 0.3 is 0 Å². The van der Waals surface area contributed by atoms with Crippen LogP contribution < -0.4 is 15.0 Å². The first-order valence-corrected chi connectivity index (χ1v) is 14.2. The number of anilines is 1. The maximum Gasteiger partial charge on any atom is 0.266 e. The summed E-state index contributed by atoms with van der Waals surface area (Å²) in [5.41, 5.74) is 4.77. The van der Waals surface area contributed by atoms with Crippen molar-refractivity contribution in [2.75, 3.05) is 31.6 Å². The first kappa shape index (κ1) is 28.0. The monoisotopic (exact) mass is 577 g/mol. The van der Waals surface area contributed by atoms with Gasteiger partial charge in [0.25, 0.3) is 17.7 Å². The van der Waals surface area contributed by atoms with Crippen molar-refractivity contribution in [1.29, 1.82) is 0 Å². The fourth-order valence-corrected chi connectivity index (χ4v) is 5.39. The number of carbonyl (C=O) groups is 3. The van der Waals surface area contributed by atoms with Crippen LogP contribution in [0.5, 0.6) is 11.6 Å². The number of aromatic nitrogens is 2. The van der Waals surface area contributed by atoms with E-state index in [0.717, 1.165) is 49.2 Å². The first-order valence-electron chi connectivity index (χ1n) is 14.2. The van der Waals surface area contributed by atoms with Crippen molar-refractivity contribution >= 4 is 23.9 Å². The van der Waals surface area contributed by atoms with Gasteiger partial charge in [0, 0.05) is 49.4 Å². The number of phenols is 1. The summed E-state index contributed by atoms with van der Waals surface area (Å²) >= 11 is 0. The third kappa shape index (κ3) is 5.96. The van der Waals surface area contributed by atoms with Gasteiger partial charge in [-0.25, -0.2) is 9.97 Å². The van der Waals surface area contributed by atoms with Crippen molar-refractivity contribution < 1.29 is 24.2 Å². The number of hydrogen-bond donors (Lipinski definition) is 2. The molecule has 4 aromatic rings. The minimum absolute atomic E-state index is 0.0372. The number of rotatable bonds is 7. The van der Waals surface area contributed by atoms with Crippen LogP contribution >= 0.6 is 0 Å². The van der Waals surface area contributed by atoms with E-state index in [1.54, 1.807) is 7.05 Å². The summed E-state index contributed by atoms with van der Waals surface area (Å²) < 4.78 is 5.63. The number of likely N-dealkylation sites (N-methyl/N-ethyl adjacent to an activating group) is 1. The molecule has 3 heterocycles. The number of likely N-dealkylation sites (tertiary alicyclic amines) is 1. The van der Waals surface area contributed by atoms with Gasteiger partial charge in [-0.05, 0) is 36.6 Å². The molecular formula is C33H31N5O5. The number of piperidine rings is 1. The number of amides is 2. The predicted octanol–water partition coefficient (Wildman–Crippen LogP) is 4.08. The van der Waals surface area contributed by atoms with E-state index >= 15 is 0 Å². The topological polar surface area (TPSA) is 125 Å². The number of nitrogens with one attached hydrogen (secondary N) is 1. The second-order valence-corrected chi connectivity index (χ2v) is 10.8. The lowest BCUT2D eigenvalue weighted by atomic mass is 10.0. The molecule has 2 aliphatic heterocycles. The number of benzene rings is 3. The lowest BCUT2D eigenvalue weighted by Gasteiger charge is -2.32. The second kappa shape index (κ2) is 12.0. The highest BCUT2D eigenvalue weighted by molar-refractivity contribution is 5.97. The fourth-order valence-electron chi connectivity index (χ4n) is 5.39. The lowest BCUT2D eigenvalue weighted by molar-refractivity contribution is -0.121. The second-order valence-electron chi connectivity index (χ2n) is 10.8. The molecule has 1 saturated heterocycles. The van der Waals surface area contributed by atoms with Crippen LogP contribution in [-0.2, 0) is 11.3 Å². The zero-order chi connectivity index (χ0) is 29.9. The standard InChI is InChI=1S/C33H31N5O5/c1-37-28(41)20-43-33-31(37)35-29(22-5-3-2-4-6-22)30(36-33)23-9-7-21(8-10-23)18-38-15-13-26(14-16-38)34-32(42)24-11-12-27(40)25(17-24)19-39/h2-12,17,19,26,40H,13-16,18,20H2,1H3,(H,34,42). The summed E-state index contributed by atoms with van der Waals surface area (Å²) in [5.74, 6) is 0.185. The molecule has 0 saturated carbocycles. The van der Waals surface area contributed by atoms with E-state index < -0.39 is 0 Å². The summed E-state index contributed by atoms with van der Waals surface area (Å²) in [6.45, 7) is 2.37. The summed E-state index contributed by atoms with van der Waals surface area (Å²) in [7, 11) is 1.68. The number of hydrogen-bond acceptors (Lipinski definition) is 8. The molecule has 2 aliphatic rings. The molecule has 1 fully saturated rings. The Morgan fingerprint density at radius 1 is 1.00 bits per heavy atom. The van der Waals surface area contributed by atoms with Crippen LogP contribution in [0.2, 0.25) is 0 Å². The third-order valence-electron chi connectivity index (χ3n) is 7.89. The van der Waals surface area contributed by atoms with E-state index in [1.807, 2.05) is 42.5 Å². The molecule has 10 nitrogen and oxygen atoms in total. The van der Waals surface area contributed by atoms with Crippen LogP contribution in [0.1, 0.15) is 39.1 Å². The van der Waals surface area contributed by atoms with Crippen molar-refractivity contribution in [3.8, 4) is 34.1 Å². The molecule has 0 unspecified atom stereocenters. The SMILES string of the molecule is CN1C(=O)COc2nc(-c3ccc(CN4CCC(NC(=O)c5ccc(O)c(C=O)c5)CC4)cc3)c(-c3ccccc3)nc21. The minimum atomic E-state index is -0.249. The Kier molecular flexibility index (Phi) is 7.84. The molecule has 218 valence electrons. The van der Waals surface area contributed by atoms with Gasteiger partial charge in [0.05, 0.1) is 11.3 Å². The first-order chi connectivity index (χ1) is 20.9. The maximum absolute atomic E-state index is 12.7. The smallest absolute Gasteiger partial charge is 0.266 e. The largest absolute Gasteiger partial charge is 0.507 e. The van der Waals surface area contributed by atoms with E-state index in [4.69, 9.17) is 14.7 Å².